The van der Waals surface area contributed by atoms with Gasteiger partial charge in [0.25, 0.3) is 0 Å². The zero-order chi connectivity index (χ0) is 11.8. The third-order valence-corrected chi connectivity index (χ3v) is 3.92. The van der Waals surface area contributed by atoms with Crippen molar-refractivity contribution >= 4 is 11.8 Å². The number of amides is 2. The predicted octanol–water partition coefficient (Wildman–Crippen LogP) is 1.21. The molecule has 2 aliphatic rings. The molecule has 0 aromatic heterocycles. The predicted molar refractivity (Wildman–Crippen MR) is 60.5 cm³/mol. The number of likely N-dealkylation sites (tertiary alicyclic amines) is 2. The maximum atomic E-state index is 12.1. The van der Waals surface area contributed by atoms with E-state index in [0.29, 0.717) is 13.1 Å². The Bertz CT molecular complexity index is 310. The van der Waals surface area contributed by atoms with Crippen LogP contribution in [-0.4, -0.2) is 41.4 Å². The van der Waals surface area contributed by atoms with Crippen LogP contribution in [0.4, 0.5) is 0 Å². The van der Waals surface area contributed by atoms with Crippen LogP contribution in [0.2, 0.25) is 0 Å². The van der Waals surface area contributed by atoms with Gasteiger partial charge in [0.1, 0.15) is 0 Å². The van der Waals surface area contributed by atoms with E-state index in [2.05, 4.69) is 4.90 Å². The summed E-state index contributed by atoms with van der Waals surface area (Å²) in [4.78, 5) is 27.6. The van der Waals surface area contributed by atoms with Crippen molar-refractivity contribution in [2.75, 3.05) is 19.8 Å². The molecule has 2 fully saturated rings. The van der Waals surface area contributed by atoms with Crippen LogP contribution in [0.25, 0.3) is 0 Å². The molecular formula is C12H20N2O2. The number of hydrogen-bond acceptors (Lipinski definition) is 3. The first kappa shape index (κ1) is 11.6. The first-order valence-electron chi connectivity index (χ1n) is 6.14. The number of imide groups is 1. The van der Waals surface area contributed by atoms with Gasteiger partial charge in [0.2, 0.25) is 11.8 Å². The van der Waals surface area contributed by atoms with Crippen LogP contribution in [0.1, 0.15) is 39.5 Å². The van der Waals surface area contributed by atoms with Crippen molar-refractivity contribution in [1.82, 2.24) is 9.80 Å². The maximum Gasteiger partial charge on any atom is 0.236 e. The molecule has 0 aromatic carbocycles. The Kier molecular flexibility index (Phi) is 3.02. The fourth-order valence-corrected chi connectivity index (χ4v) is 2.49. The normalized spacial score (nSPS) is 31.8. The van der Waals surface area contributed by atoms with Gasteiger partial charge in [-0.3, -0.25) is 19.4 Å². The van der Waals surface area contributed by atoms with Gasteiger partial charge in [-0.2, -0.15) is 0 Å². The smallest absolute Gasteiger partial charge is 0.236 e. The van der Waals surface area contributed by atoms with E-state index in [4.69, 9.17) is 0 Å². The average Bonchev–Trinajstić information content (AvgIpc) is 2.83. The lowest BCUT2D eigenvalue weighted by Gasteiger charge is -2.24. The van der Waals surface area contributed by atoms with Gasteiger partial charge in [0, 0.05) is 6.42 Å². The molecule has 0 spiro atoms. The molecule has 0 aromatic rings. The highest BCUT2D eigenvalue weighted by molar-refractivity contribution is 6.05. The monoisotopic (exact) mass is 224 g/mol. The van der Waals surface area contributed by atoms with Crippen LogP contribution in [0, 0.1) is 5.41 Å². The largest absolute Gasteiger partial charge is 0.286 e. The molecule has 0 bridgehead atoms. The van der Waals surface area contributed by atoms with E-state index in [1.807, 2.05) is 13.8 Å². The molecule has 16 heavy (non-hydrogen) atoms. The number of hydrogen-bond donors (Lipinski definition) is 0. The Labute approximate surface area is 96.6 Å². The Morgan fingerprint density at radius 3 is 2.38 bits per heavy atom. The molecule has 1 unspecified atom stereocenters. The lowest BCUT2D eigenvalue weighted by molar-refractivity contribution is -0.143. The molecule has 4 nitrogen and oxygen atoms in total. The second-order valence-electron chi connectivity index (χ2n) is 5.18. The molecule has 2 heterocycles. The number of carbonyl (C=O) groups is 2. The quantitative estimate of drug-likeness (QED) is 0.677. The molecule has 90 valence electrons. The summed E-state index contributed by atoms with van der Waals surface area (Å²) < 4.78 is 0. The first-order valence-corrected chi connectivity index (χ1v) is 6.14. The summed E-state index contributed by atoms with van der Waals surface area (Å²) in [6.45, 7) is 6.41. The number of nitrogens with zero attached hydrogens (tertiary/aromatic N) is 2. The van der Waals surface area contributed by atoms with Crippen LogP contribution >= 0.6 is 0 Å². The zero-order valence-corrected chi connectivity index (χ0v) is 10.2. The summed E-state index contributed by atoms with van der Waals surface area (Å²) in [6.07, 6.45) is 3.49. The van der Waals surface area contributed by atoms with Crippen LogP contribution in [0.5, 0.6) is 0 Å². The molecule has 1 atom stereocenters. The summed E-state index contributed by atoms with van der Waals surface area (Å²) >= 11 is 0. The second-order valence-corrected chi connectivity index (χ2v) is 5.18. The minimum Gasteiger partial charge on any atom is -0.286 e. The fourth-order valence-electron chi connectivity index (χ4n) is 2.49. The molecule has 2 amide bonds. The minimum absolute atomic E-state index is 0.00116. The van der Waals surface area contributed by atoms with Crippen molar-refractivity contribution in [3.8, 4) is 0 Å². The molecule has 2 aliphatic heterocycles. The van der Waals surface area contributed by atoms with E-state index < -0.39 is 5.41 Å². The van der Waals surface area contributed by atoms with Crippen molar-refractivity contribution in [3.63, 3.8) is 0 Å². The average molecular weight is 224 g/mol. The van der Waals surface area contributed by atoms with Gasteiger partial charge in [-0.25, -0.2) is 0 Å². The van der Waals surface area contributed by atoms with Crippen LogP contribution in [0.15, 0.2) is 0 Å². The van der Waals surface area contributed by atoms with Gasteiger partial charge < -0.3 is 0 Å². The summed E-state index contributed by atoms with van der Waals surface area (Å²) in [5.41, 5.74) is -0.448. The Morgan fingerprint density at radius 2 is 1.88 bits per heavy atom. The lowest BCUT2D eigenvalue weighted by Crippen LogP contribution is -2.41. The van der Waals surface area contributed by atoms with Crippen LogP contribution in [-0.2, 0) is 9.59 Å². The fraction of sp³-hybridized carbons (Fsp3) is 0.833. The molecule has 2 rings (SSSR count). The Morgan fingerprint density at radius 1 is 1.25 bits per heavy atom. The standard InChI is InChI=1S/C12H20N2O2/c1-3-12(2)8-10(15)14(11(12)16)9-13-6-4-5-7-13/h3-9H2,1-2H3. The van der Waals surface area contributed by atoms with Crippen molar-refractivity contribution < 1.29 is 9.59 Å². The van der Waals surface area contributed by atoms with Gasteiger partial charge in [0.15, 0.2) is 0 Å². The SMILES string of the molecule is CCC1(C)CC(=O)N(CN2CCCC2)C1=O. The molecule has 4 heteroatoms. The molecule has 0 saturated carbocycles. The van der Waals surface area contributed by atoms with Crippen LogP contribution < -0.4 is 0 Å². The Hall–Kier alpha value is -0.900. The highest BCUT2D eigenvalue weighted by atomic mass is 16.2. The van der Waals surface area contributed by atoms with Crippen molar-refractivity contribution in [2.45, 2.75) is 39.5 Å². The third kappa shape index (κ3) is 1.86. The molecule has 0 aliphatic carbocycles. The lowest BCUT2D eigenvalue weighted by atomic mass is 9.86. The Balaban J connectivity index is 2.04. The van der Waals surface area contributed by atoms with Gasteiger partial charge in [-0.15, -0.1) is 0 Å². The summed E-state index contributed by atoms with van der Waals surface area (Å²) in [7, 11) is 0. The van der Waals surface area contributed by atoms with E-state index in [9.17, 15) is 9.59 Å². The summed E-state index contributed by atoms with van der Waals surface area (Å²) in [6, 6.07) is 0. The highest BCUT2D eigenvalue weighted by Gasteiger charge is 2.47. The molecule has 0 radical (unpaired) electrons. The maximum absolute atomic E-state index is 12.1. The minimum atomic E-state index is -0.448. The third-order valence-electron chi connectivity index (χ3n) is 3.92. The van der Waals surface area contributed by atoms with E-state index >= 15 is 0 Å². The first-order chi connectivity index (χ1) is 7.57. The van der Waals surface area contributed by atoms with Gasteiger partial charge in [-0.1, -0.05) is 13.8 Å². The number of rotatable bonds is 3. The van der Waals surface area contributed by atoms with E-state index in [1.54, 1.807) is 0 Å². The summed E-state index contributed by atoms with van der Waals surface area (Å²) in [5, 5.41) is 0. The van der Waals surface area contributed by atoms with Gasteiger partial charge >= 0.3 is 0 Å². The number of carbonyl (C=O) groups excluding carboxylic acids is 2. The zero-order valence-electron chi connectivity index (χ0n) is 10.2. The van der Waals surface area contributed by atoms with E-state index in [1.165, 1.54) is 17.7 Å². The summed E-state index contributed by atoms with van der Waals surface area (Å²) in [5.74, 6) is 0.0214. The topological polar surface area (TPSA) is 40.6 Å². The molecular weight excluding hydrogens is 204 g/mol. The van der Waals surface area contributed by atoms with E-state index in [0.717, 1.165) is 19.5 Å². The van der Waals surface area contributed by atoms with Crippen molar-refractivity contribution in [1.29, 1.82) is 0 Å². The van der Waals surface area contributed by atoms with Crippen molar-refractivity contribution in [2.24, 2.45) is 5.41 Å². The van der Waals surface area contributed by atoms with Gasteiger partial charge in [-0.05, 0) is 32.4 Å². The molecule has 2 saturated heterocycles. The highest BCUT2D eigenvalue weighted by Crippen LogP contribution is 2.35. The van der Waals surface area contributed by atoms with E-state index in [-0.39, 0.29) is 11.8 Å². The molecule has 0 N–H and O–H groups in total. The second kappa shape index (κ2) is 4.17. The van der Waals surface area contributed by atoms with Gasteiger partial charge in [0.05, 0.1) is 12.1 Å². The van der Waals surface area contributed by atoms with Crippen LogP contribution in [0.3, 0.4) is 0 Å². The van der Waals surface area contributed by atoms with Crippen molar-refractivity contribution in [3.05, 3.63) is 0 Å².